The summed E-state index contributed by atoms with van der Waals surface area (Å²) in [7, 11) is 0. The smallest absolute Gasteiger partial charge is 0.186 e. The van der Waals surface area contributed by atoms with Crippen molar-refractivity contribution in [2.24, 2.45) is 23.1 Å². The number of hydrogen-bond donors (Lipinski definition) is 13. The Morgan fingerprint density at radius 3 is 2.20 bits per heavy atom. The Balaban J connectivity index is 1.80. The van der Waals surface area contributed by atoms with Gasteiger partial charge in [-0.3, -0.25) is 0 Å². The topological polar surface area (TPSA) is 292 Å². The molecule has 0 aromatic rings. The molecule has 14 unspecified atom stereocenters. The molecule has 0 aromatic heterocycles. The van der Waals surface area contributed by atoms with Crippen molar-refractivity contribution in [3.8, 4) is 0 Å². The van der Waals surface area contributed by atoms with Gasteiger partial charge in [0.1, 0.15) is 24.4 Å². The van der Waals surface area contributed by atoms with Gasteiger partial charge in [-0.2, -0.15) is 0 Å². The van der Waals surface area contributed by atoms with Crippen LogP contribution in [0.2, 0.25) is 0 Å². The Morgan fingerprint density at radius 1 is 0.875 bits per heavy atom. The molecule has 0 aromatic carbocycles. The van der Waals surface area contributed by atoms with Gasteiger partial charge in [-0.05, 0) is 19.3 Å². The van der Waals surface area contributed by atoms with Gasteiger partial charge >= 0.3 is 0 Å². The van der Waals surface area contributed by atoms with Gasteiger partial charge < -0.3 is 82.9 Å². The van der Waals surface area contributed by atoms with Crippen LogP contribution in [0.1, 0.15) is 19.3 Å². The molecular formula is C24H49N5O11. The maximum absolute atomic E-state index is 11.7. The van der Waals surface area contributed by atoms with Gasteiger partial charge in [0, 0.05) is 37.1 Å². The molecule has 14 atom stereocenters. The lowest BCUT2D eigenvalue weighted by atomic mass is 9.72. The molecule has 236 valence electrons. The highest BCUT2D eigenvalue weighted by Crippen LogP contribution is 2.36. The number of nitrogens with one attached hydrogen (secondary N) is 2. The van der Waals surface area contributed by atoms with Crippen LogP contribution in [0.25, 0.3) is 0 Å². The lowest BCUT2D eigenvalue weighted by molar-refractivity contribution is -0.306. The summed E-state index contributed by atoms with van der Waals surface area (Å²) in [6.45, 7) is -1.22. The third-order valence-corrected chi connectivity index (χ3v) is 8.20. The molecule has 40 heavy (non-hydrogen) atoms. The van der Waals surface area contributed by atoms with Gasteiger partial charge in [0.25, 0.3) is 0 Å². The molecule has 0 bridgehead atoms. The van der Waals surface area contributed by atoms with E-state index in [4.69, 9.17) is 36.5 Å². The second kappa shape index (κ2) is 15.7. The molecule has 1 saturated carbocycles. The number of rotatable bonds is 13. The first-order valence-corrected chi connectivity index (χ1v) is 13.9. The van der Waals surface area contributed by atoms with Gasteiger partial charge in [-0.1, -0.05) is 0 Å². The third kappa shape index (κ3) is 8.04. The molecule has 3 aliphatic rings. The first-order valence-electron chi connectivity index (χ1n) is 13.9. The predicted octanol–water partition coefficient (Wildman–Crippen LogP) is -7.02. The highest BCUT2D eigenvalue weighted by molar-refractivity contribution is 5.05. The molecule has 16 heteroatoms. The zero-order valence-electron chi connectivity index (χ0n) is 22.6. The lowest BCUT2D eigenvalue weighted by Gasteiger charge is -2.51. The van der Waals surface area contributed by atoms with Crippen LogP contribution in [-0.4, -0.2) is 166 Å². The van der Waals surface area contributed by atoms with E-state index >= 15 is 0 Å². The van der Waals surface area contributed by atoms with E-state index in [2.05, 4.69) is 10.6 Å². The highest BCUT2D eigenvalue weighted by Gasteiger charge is 2.52. The minimum Gasteiger partial charge on any atom is -0.395 e. The average molecular weight is 584 g/mol. The number of ether oxygens (including phenoxy) is 3. The fourth-order valence-electron chi connectivity index (χ4n) is 5.86. The van der Waals surface area contributed by atoms with Gasteiger partial charge in [0.05, 0.1) is 62.9 Å². The van der Waals surface area contributed by atoms with Crippen molar-refractivity contribution in [2.75, 3.05) is 39.5 Å². The largest absolute Gasteiger partial charge is 0.395 e. The summed E-state index contributed by atoms with van der Waals surface area (Å²) < 4.78 is 17.9. The highest BCUT2D eigenvalue weighted by atomic mass is 16.7. The molecule has 2 aliphatic heterocycles. The van der Waals surface area contributed by atoms with Gasteiger partial charge in [-0.15, -0.1) is 0 Å². The van der Waals surface area contributed by atoms with Crippen LogP contribution in [0, 0.1) is 5.92 Å². The van der Waals surface area contributed by atoms with Crippen molar-refractivity contribution in [3.63, 3.8) is 0 Å². The maximum Gasteiger partial charge on any atom is 0.186 e. The zero-order chi connectivity index (χ0) is 29.6. The van der Waals surface area contributed by atoms with Crippen LogP contribution in [0.3, 0.4) is 0 Å². The van der Waals surface area contributed by atoms with E-state index < -0.39 is 105 Å². The van der Waals surface area contributed by atoms with E-state index in [-0.39, 0.29) is 25.7 Å². The Hall–Kier alpha value is -0.640. The summed E-state index contributed by atoms with van der Waals surface area (Å²) in [5.41, 5.74) is 18.9. The van der Waals surface area contributed by atoms with Crippen LogP contribution >= 0.6 is 0 Å². The normalized spacial score (nSPS) is 43.6. The molecule has 0 spiro atoms. The van der Waals surface area contributed by atoms with Crippen LogP contribution in [0.15, 0.2) is 0 Å². The minimum atomic E-state index is -1.50. The van der Waals surface area contributed by atoms with Gasteiger partial charge in [0.15, 0.2) is 6.29 Å². The third-order valence-electron chi connectivity index (χ3n) is 8.20. The summed E-state index contributed by atoms with van der Waals surface area (Å²) >= 11 is 0. The van der Waals surface area contributed by atoms with Gasteiger partial charge in [0.2, 0.25) is 0 Å². The number of nitrogens with two attached hydrogens (primary N) is 3. The number of aliphatic hydroxyl groups excluding tert-OH is 8. The molecule has 2 saturated heterocycles. The van der Waals surface area contributed by atoms with E-state index in [1.54, 1.807) is 0 Å². The number of aliphatic hydroxyl groups is 8. The van der Waals surface area contributed by atoms with E-state index in [1.807, 2.05) is 0 Å². The molecule has 16 N–H and O–H groups in total. The monoisotopic (exact) mass is 583 g/mol. The van der Waals surface area contributed by atoms with E-state index in [9.17, 15) is 35.7 Å². The minimum absolute atomic E-state index is 0.175. The SMILES string of the molecule is NC1CCC(CNCC(O)CO)OC1C1C(N)CC(NC(CO)CO)C(OC2OC(CO)C(O)C(N)C2O)C1O. The molecule has 0 amide bonds. The second-order valence-corrected chi connectivity index (χ2v) is 11.1. The first kappa shape index (κ1) is 33.9. The fraction of sp³-hybridized carbons (Fsp3) is 1.00. The van der Waals surface area contributed by atoms with Crippen molar-refractivity contribution in [1.82, 2.24) is 10.6 Å². The van der Waals surface area contributed by atoms with Crippen molar-refractivity contribution in [3.05, 3.63) is 0 Å². The van der Waals surface area contributed by atoms with Crippen LogP contribution in [0.5, 0.6) is 0 Å². The molecule has 1 aliphatic carbocycles. The quantitative estimate of drug-likeness (QED) is 0.0958. The summed E-state index contributed by atoms with van der Waals surface area (Å²) in [5.74, 6) is -0.723. The van der Waals surface area contributed by atoms with E-state index in [1.165, 1.54) is 0 Å². The van der Waals surface area contributed by atoms with E-state index in [0.29, 0.717) is 19.4 Å². The molecule has 0 radical (unpaired) electrons. The second-order valence-electron chi connectivity index (χ2n) is 11.1. The standard InChI is InChI=1S/C24H49N5O11/c25-13-2-1-12(5-28-4-11(34)8-32)38-22(13)17-14(26)3-15(29-10(6-30)7-31)23(20(17)36)40-24-21(37)18(27)19(35)16(9-33)39-24/h10-24,28-37H,1-9,25-27H2. The lowest BCUT2D eigenvalue weighted by Crippen LogP contribution is -2.69. The molecule has 3 rings (SSSR count). The molecular weight excluding hydrogens is 534 g/mol. The molecule has 2 heterocycles. The molecule has 16 nitrogen and oxygen atoms in total. The van der Waals surface area contributed by atoms with Crippen LogP contribution < -0.4 is 27.8 Å². The van der Waals surface area contributed by atoms with Crippen molar-refractivity contribution in [2.45, 2.75) is 105 Å². The summed E-state index contributed by atoms with van der Waals surface area (Å²) in [4.78, 5) is 0. The Kier molecular flexibility index (Phi) is 13.3. The summed E-state index contributed by atoms with van der Waals surface area (Å²) in [6.07, 6.45) is -8.30. The van der Waals surface area contributed by atoms with Crippen LogP contribution in [-0.2, 0) is 14.2 Å². The predicted molar refractivity (Wildman–Crippen MR) is 139 cm³/mol. The molecule has 3 fully saturated rings. The first-order chi connectivity index (χ1) is 19.1. The van der Waals surface area contributed by atoms with Crippen molar-refractivity contribution < 1.29 is 55.1 Å². The summed E-state index contributed by atoms with van der Waals surface area (Å²) in [5, 5.41) is 86.1. The average Bonchev–Trinajstić information content (AvgIpc) is 2.94. The summed E-state index contributed by atoms with van der Waals surface area (Å²) in [6, 6.07) is -3.77. The zero-order valence-corrected chi connectivity index (χ0v) is 22.6. The Bertz CT molecular complexity index is 741. The Labute approximate surface area is 233 Å². The maximum atomic E-state index is 11.7. The van der Waals surface area contributed by atoms with E-state index in [0.717, 1.165) is 0 Å². The van der Waals surface area contributed by atoms with Gasteiger partial charge in [-0.25, -0.2) is 0 Å². The fourth-order valence-corrected chi connectivity index (χ4v) is 5.86. The van der Waals surface area contributed by atoms with Crippen molar-refractivity contribution in [1.29, 1.82) is 0 Å². The van der Waals surface area contributed by atoms with Crippen molar-refractivity contribution >= 4 is 0 Å². The Morgan fingerprint density at radius 2 is 1.57 bits per heavy atom. The number of hydrogen-bond acceptors (Lipinski definition) is 16. The van der Waals surface area contributed by atoms with Crippen LogP contribution in [0.4, 0.5) is 0 Å².